The molecule has 0 fully saturated rings. The summed E-state index contributed by atoms with van der Waals surface area (Å²) >= 11 is 0. The SMILES string of the molecule is COc1ccc(Oc2c(C)oc3cc(OCc4ccc(C)cc4)ccc3c2=O)cc1. The Morgan fingerprint density at radius 1 is 0.833 bits per heavy atom. The number of aryl methyl sites for hydroxylation is 2. The van der Waals surface area contributed by atoms with Gasteiger partial charge in [-0.1, -0.05) is 29.8 Å². The summed E-state index contributed by atoms with van der Waals surface area (Å²) in [7, 11) is 1.59. The number of fused-ring (bicyclic) bond motifs is 1. The minimum atomic E-state index is -0.227. The van der Waals surface area contributed by atoms with Crippen LogP contribution in [0.5, 0.6) is 23.0 Å². The molecule has 1 aromatic heterocycles. The molecule has 0 atom stereocenters. The van der Waals surface area contributed by atoms with Crippen molar-refractivity contribution in [2.24, 2.45) is 0 Å². The summed E-state index contributed by atoms with van der Waals surface area (Å²) in [6.07, 6.45) is 0. The molecule has 0 aliphatic carbocycles. The van der Waals surface area contributed by atoms with Crippen molar-refractivity contribution in [1.82, 2.24) is 0 Å². The van der Waals surface area contributed by atoms with Gasteiger partial charge in [-0.25, -0.2) is 0 Å². The molecule has 0 N–H and O–H groups in total. The first kappa shape index (κ1) is 19.6. The van der Waals surface area contributed by atoms with Gasteiger partial charge in [-0.05, 0) is 55.8 Å². The summed E-state index contributed by atoms with van der Waals surface area (Å²) in [4.78, 5) is 12.9. The van der Waals surface area contributed by atoms with Crippen LogP contribution in [-0.4, -0.2) is 7.11 Å². The fourth-order valence-corrected chi connectivity index (χ4v) is 3.09. The maximum absolute atomic E-state index is 12.9. The fourth-order valence-electron chi connectivity index (χ4n) is 3.09. The van der Waals surface area contributed by atoms with Gasteiger partial charge in [0, 0.05) is 6.07 Å². The highest BCUT2D eigenvalue weighted by Gasteiger charge is 2.15. The molecule has 0 bridgehead atoms. The van der Waals surface area contributed by atoms with E-state index in [1.165, 1.54) is 5.56 Å². The van der Waals surface area contributed by atoms with E-state index in [1.807, 2.05) is 31.2 Å². The average Bonchev–Trinajstić information content (AvgIpc) is 2.76. The summed E-state index contributed by atoms with van der Waals surface area (Å²) in [5.74, 6) is 2.45. The van der Waals surface area contributed by atoms with Crippen molar-refractivity contribution < 1.29 is 18.6 Å². The topological polar surface area (TPSA) is 57.9 Å². The van der Waals surface area contributed by atoms with Gasteiger partial charge >= 0.3 is 0 Å². The fraction of sp³-hybridized carbons (Fsp3) is 0.160. The first-order valence-corrected chi connectivity index (χ1v) is 9.61. The third kappa shape index (κ3) is 4.15. The number of ether oxygens (including phenoxy) is 3. The molecule has 152 valence electrons. The Balaban J connectivity index is 1.58. The van der Waals surface area contributed by atoms with E-state index in [9.17, 15) is 4.79 Å². The molecular formula is C25H22O5. The van der Waals surface area contributed by atoms with Gasteiger partial charge in [0.25, 0.3) is 0 Å². The molecule has 0 spiro atoms. The molecule has 0 aliphatic heterocycles. The number of hydrogen-bond donors (Lipinski definition) is 0. The number of benzene rings is 3. The highest BCUT2D eigenvalue weighted by molar-refractivity contribution is 5.79. The second-order valence-corrected chi connectivity index (χ2v) is 7.03. The van der Waals surface area contributed by atoms with Gasteiger partial charge in [-0.15, -0.1) is 0 Å². The monoisotopic (exact) mass is 402 g/mol. The van der Waals surface area contributed by atoms with E-state index in [0.29, 0.717) is 40.6 Å². The van der Waals surface area contributed by atoms with Crippen molar-refractivity contribution in [2.75, 3.05) is 7.11 Å². The third-order valence-corrected chi connectivity index (χ3v) is 4.79. The molecule has 0 amide bonds. The van der Waals surface area contributed by atoms with Gasteiger partial charge in [-0.3, -0.25) is 4.79 Å². The second-order valence-electron chi connectivity index (χ2n) is 7.03. The molecule has 3 aromatic carbocycles. The van der Waals surface area contributed by atoms with Crippen LogP contribution < -0.4 is 19.6 Å². The Hall–Kier alpha value is -3.73. The van der Waals surface area contributed by atoms with Crippen LogP contribution in [0.4, 0.5) is 0 Å². The molecule has 4 aromatic rings. The largest absolute Gasteiger partial charge is 0.497 e. The van der Waals surface area contributed by atoms with Crippen LogP contribution in [0.25, 0.3) is 11.0 Å². The molecular weight excluding hydrogens is 380 g/mol. The molecule has 30 heavy (non-hydrogen) atoms. The Kier molecular flexibility index (Phi) is 5.44. The molecule has 5 nitrogen and oxygen atoms in total. The van der Waals surface area contributed by atoms with Crippen LogP contribution in [-0.2, 0) is 6.61 Å². The first-order chi connectivity index (χ1) is 14.5. The molecule has 0 saturated heterocycles. The minimum absolute atomic E-state index is 0.168. The lowest BCUT2D eigenvalue weighted by Gasteiger charge is -2.11. The Morgan fingerprint density at radius 3 is 2.20 bits per heavy atom. The zero-order valence-electron chi connectivity index (χ0n) is 17.1. The Labute approximate surface area is 174 Å². The lowest BCUT2D eigenvalue weighted by atomic mass is 10.1. The number of hydrogen-bond acceptors (Lipinski definition) is 5. The van der Waals surface area contributed by atoms with Crippen molar-refractivity contribution in [1.29, 1.82) is 0 Å². The summed E-state index contributed by atoms with van der Waals surface area (Å²) in [5, 5.41) is 0.437. The molecule has 0 radical (unpaired) electrons. The van der Waals surface area contributed by atoms with Crippen LogP contribution in [0.3, 0.4) is 0 Å². The third-order valence-electron chi connectivity index (χ3n) is 4.79. The van der Waals surface area contributed by atoms with Crippen molar-refractivity contribution in [3.63, 3.8) is 0 Å². The highest BCUT2D eigenvalue weighted by atomic mass is 16.5. The van der Waals surface area contributed by atoms with Gasteiger partial charge in [0.2, 0.25) is 11.2 Å². The van der Waals surface area contributed by atoms with Gasteiger partial charge in [0.05, 0.1) is 12.5 Å². The van der Waals surface area contributed by atoms with Gasteiger partial charge in [0.15, 0.2) is 0 Å². The van der Waals surface area contributed by atoms with Crippen molar-refractivity contribution >= 4 is 11.0 Å². The van der Waals surface area contributed by atoms with Gasteiger partial charge in [0.1, 0.15) is 35.2 Å². The van der Waals surface area contributed by atoms with E-state index in [2.05, 4.69) is 0 Å². The van der Waals surface area contributed by atoms with Crippen LogP contribution in [0.2, 0.25) is 0 Å². The average molecular weight is 402 g/mol. The maximum Gasteiger partial charge on any atom is 0.235 e. The Bertz CT molecular complexity index is 1220. The van der Waals surface area contributed by atoms with E-state index >= 15 is 0 Å². The standard InChI is InChI=1S/C25H22O5/c1-16-4-6-18(7-5-16)15-28-21-12-13-22-23(14-21)29-17(2)25(24(22)26)30-20-10-8-19(27-3)9-11-20/h4-14H,15H2,1-3H3. The normalized spacial score (nSPS) is 10.8. The smallest absolute Gasteiger partial charge is 0.235 e. The zero-order valence-corrected chi connectivity index (χ0v) is 17.1. The van der Waals surface area contributed by atoms with E-state index in [-0.39, 0.29) is 11.2 Å². The molecule has 0 unspecified atom stereocenters. The first-order valence-electron chi connectivity index (χ1n) is 9.61. The molecule has 0 saturated carbocycles. The zero-order chi connectivity index (χ0) is 21.1. The highest BCUT2D eigenvalue weighted by Crippen LogP contribution is 2.28. The quantitative estimate of drug-likeness (QED) is 0.409. The molecule has 0 aliphatic rings. The van der Waals surface area contributed by atoms with Crippen LogP contribution >= 0.6 is 0 Å². The van der Waals surface area contributed by atoms with Crippen molar-refractivity contribution in [3.05, 3.63) is 93.8 Å². The van der Waals surface area contributed by atoms with Crippen LogP contribution in [0.1, 0.15) is 16.9 Å². The lowest BCUT2D eigenvalue weighted by Crippen LogP contribution is -2.07. The van der Waals surface area contributed by atoms with E-state index < -0.39 is 0 Å². The summed E-state index contributed by atoms with van der Waals surface area (Å²) in [6, 6.07) is 20.4. The second kappa shape index (κ2) is 8.33. The summed E-state index contributed by atoms with van der Waals surface area (Å²) in [5.41, 5.74) is 2.51. The van der Waals surface area contributed by atoms with Gasteiger partial charge < -0.3 is 18.6 Å². The predicted molar refractivity (Wildman–Crippen MR) is 116 cm³/mol. The molecule has 4 rings (SSSR count). The van der Waals surface area contributed by atoms with E-state index in [4.69, 9.17) is 18.6 Å². The van der Waals surface area contributed by atoms with E-state index in [0.717, 1.165) is 5.56 Å². The van der Waals surface area contributed by atoms with Gasteiger partial charge in [-0.2, -0.15) is 0 Å². The molecule has 5 heteroatoms. The lowest BCUT2D eigenvalue weighted by molar-refractivity contribution is 0.306. The molecule has 1 heterocycles. The predicted octanol–water partition coefficient (Wildman–Crippen LogP) is 5.79. The maximum atomic E-state index is 12.9. The van der Waals surface area contributed by atoms with E-state index in [1.54, 1.807) is 56.5 Å². The number of methoxy groups -OCH3 is 1. The Morgan fingerprint density at radius 2 is 1.50 bits per heavy atom. The van der Waals surface area contributed by atoms with Crippen LogP contribution in [0.15, 0.2) is 75.9 Å². The summed E-state index contributed by atoms with van der Waals surface area (Å²) < 4.78 is 22.7. The minimum Gasteiger partial charge on any atom is -0.497 e. The summed E-state index contributed by atoms with van der Waals surface area (Å²) in [6.45, 7) is 4.19. The number of rotatable bonds is 6. The van der Waals surface area contributed by atoms with Crippen LogP contribution in [0, 0.1) is 13.8 Å². The van der Waals surface area contributed by atoms with Crippen molar-refractivity contribution in [2.45, 2.75) is 20.5 Å². The van der Waals surface area contributed by atoms with Crippen molar-refractivity contribution in [3.8, 4) is 23.0 Å².